The zero-order valence-corrected chi connectivity index (χ0v) is 11.1. The molecule has 3 nitrogen and oxygen atoms in total. The number of carbonyl (C=O) groups is 1. The Balaban J connectivity index is 1.77. The van der Waals surface area contributed by atoms with E-state index in [9.17, 15) is 4.79 Å². The molecule has 3 unspecified atom stereocenters. The maximum Gasteiger partial charge on any atom is 0.222 e. The lowest BCUT2D eigenvalue weighted by Crippen LogP contribution is -2.61. The van der Waals surface area contributed by atoms with Crippen molar-refractivity contribution >= 4 is 5.91 Å². The molecule has 3 heteroatoms. The van der Waals surface area contributed by atoms with Gasteiger partial charge in [0, 0.05) is 38.1 Å². The van der Waals surface area contributed by atoms with Crippen LogP contribution in [0, 0.1) is 11.8 Å². The van der Waals surface area contributed by atoms with E-state index in [1.807, 2.05) is 0 Å². The van der Waals surface area contributed by atoms with Crippen molar-refractivity contribution in [3.63, 3.8) is 0 Å². The molecule has 3 rings (SSSR count). The van der Waals surface area contributed by atoms with Gasteiger partial charge in [0.15, 0.2) is 0 Å². The highest BCUT2D eigenvalue weighted by atomic mass is 16.2. The Bertz CT molecular complexity index is 315. The number of fused-ring (bicyclic) bond motifs is 4. The van der Waals surface area contributed by atoms with Crippen LogP contribution in [0.1, 0.15) is 39.5 Å². The van der Waals surface area contributed by atoms with Crippen molar-refractivity contribution in [1.29, 1.82) is 0 Å². The van der Waals surface area contributed by atoms with Crippen molar-refractivity contribution in [3.05, 3.63) is 0 Å². The summed E-state index contributed by atoms with van der Waals surface area (Å²) in [6.45, 7) is 8.03. The largest absolute Gasteiger partial charge is 0.339 e. The quantitative estimate of drug-likeness (QED) is 0.692. The maximum absolute atomic E-state index is 12.0. The predicted octanol–water partition coefficient (Wildman–Crippen LogP) is 1.73. The Morgan fingerprint density at radius 1 is 1.24 bits per heavy atom. The second kappa shape index (κ2) is 4.27. The van der Waals surface area contributed by atoms with E-state index in [-0.39, 0.29) is 0 Å². The van der Waals surface area contributed by atoms with E-state index in [1.165, 1.54) is 25.9 Å². The first-order valence-electron chi connectivity index (χ1n) is 7.18. The Kier molecular flexibility index (Phi) is 2.89. The molecule has 3 aliphatic rings. The lowest BCUT2D eigenvalue weighted by Gasteiger charge is -2.53. The average molecular weight is 236 g/mol. The van der Waals surface area contributed by atoms with Gasteiger partial charge in [-0.1, -0.05) is 0 Å². The van der Waals surface area contributed by atoms with Crippen molar-refractivity contribution in [2.75, 3.05) is 19.6 Å². The highest BCUT2D eigenvalue weighted by molar-refractivity contribution is 5.77. The second-order valence-corrected chi connectivity index (χ2v) is 6.42. The summed E-state index contributed by atoms with van der Waals surface area (Å²) < 4.78 is 0. The molecular weight excluding hydrogens is 212 g/mol. The van der Waals surface area contributed by atoms with Gasteiger partial charge in [0.05, 0.1) is 0 Å². The summed E-state index contributed by atoms with van der Waals surface area (Å²) in [5.41, 5.74) is 0. The van der Waals surface area contributed by atoms with Gasteiger partial charge < -0.3 is 9.80 Å². The summed E-state index contributed by atoms with van der Waals surface area (Å²) in [7, 11) is 0. The van der Waals surface area contributed by atoms with Crippen LogP contribution in [0.3, 0.4) is 0 Å². The van der Waals surface area contributed by atoms with Crippen LogP contribution in [0.5, 0.6) is 0 Å². The van der Waals surface area contributed by atoms with Gasteiger partial charge in [-0.15, -0.1) is 0 Å². The molecule has 0 aromatic carbocycles. The molecule has 96 valence electrons. The maximum atomic E-state index is 12.0. The van der Waals surface area contributed by atoms with Crippen LogP contribution in [-0.2, 0) is 4.79 Å². The van der Waals surface area contributed by atoms with Crippen molar-refractivity contribution in [1.82, 2.24) is 9.80 Å². The standard InChI is InChI=1S/C14H24N2O/c1-10(2)15-7-11-6-12(9-15)13-4-3-5-14(17)16(13)8-11/h10-13H,3-9H2,1-2H3. The zero-order chi connectivity index (χ0) is 12.0. The number of hydrogen-bond donors (Lipinski definition) is 0. The molecular formula is C14H24N2O. The van der Waals surface area contributed by atoms with E-state index >= 15 is 0 Å². The van der Waals surface area contributed by atoms with Crippen LogP contribution in [0.15, 0.2) is 0 Å². The van der Waals surface area contributed by atoms with Gasteiger partial charge in [0.2, 0.25) is 5.91 Å². The minimum Gasteiger partial charge on any atom is -0.339 e. The fourth-order valence-corrected chi connectivity index (χ4v) is 4.07. The Morgan fingerprint density at radius 3 is 2.82 bits per heavy atom. The highest BCUT2D eigenvalue weighted by Crippen LogP contribution is 2.38. The third-order valence-electron chi connectivity index (χ3n) is 4.94. The lowest BCUT2D eigenvalue weighted by atomic mass is 9.75. The molecule has 0 aromatic heterocycles. The molecule has 0 N–H and O–H groups in total. The van der Waals surface area contributed by atoms with Gasteiger partial charge in [0.25, 0.3) is 0 Å². The number of amides is 1. The first-order valence-corrected chi connectivity index (χ1v) is 7.18. The molecule has 3 atom stereocenters. The Labute approximate surface area is 104 Å². The van der Waals surface area contributed by atoms with Gasteiger partial charge >= 0.3 is 0 Å². The van der Waals surface area contributed by atoms with Crippen molar-refractivity contribution < 1.29 is 4.79 Å². The van der Waals surface area contributed by atoms with Crippen LogP contribution in [0.4, 0.5) is 0 Å². The van der Waals surface area contributed by atoms with Crippen molar-refractivity contribution in [2.45, 2.75) is 51.6 Å². The van der Waals surface area contributed by atoms with Crippen LogP contribution in [0.2, 0.25) is 0 Å². The molecule has 0 aromatic rings. The van der Waals surface area contributed by atoms with Crippen LogP contribution in [-0.4, -0.2) is 47.4 Å². The number of nitrogens with zero attached hydrogens (tertiary/aromatic N) is 2. The number of likely N-dealkylation sites (tertiary alicyclic amines) is 1. The Morgan fingerprint density at radius 2 is 2.06 bits per heavy atom. The molecule has 17 heavy (non-hydrogen) atoms. The van der Waals surface area contributed by atoms with Crippen LogP contribution >= 0.6 is 0 Å². The minimum atomic E-state index is 0.425. The molecule has 1 amide bonds. The topological polar surface area (TPSA) is 23.6 Å². The molecule has 0 aliphatic carbocycles. The number of carbonyl (C=O) groups excluding carboxylic acids is 1. The van der Waals surface area contributed by atoms with Crippen LogP contribution in [0.25, 0.3) is 0 Å². The van der Waals surface area contributed by atoms with E-state index < -0.39 is 0 Å². The zero-order valence-electron chi connectivity index (χ0n) is 11.1. The van der Waals surface area contributed by atoms with Crippen molar-refractivity contribution in [2.24, 2.45) is 11.8 Å². The van der Waals surface area contributed by atoms with Crippen LogP contribution < -0.4 is 0 Å². The molecule has 2 bridgehead atoms. The normalized spacial score (nSPS) is 38.4. The van der Waals surface area contributed by atoms with E-state index in [2.05, 4.69) is 23.6 Å². The summed E-state index contributed by atoms with van der Waals surface area (Å²) in [6.07, 6.45) is 4.51. The van der Waals surface area contributed by atoms with E-state index in [1.54, 1.807) is 0 Å². The summed E-state index contributed by atoms with van der Waals surface area (Å²) in [6, 6.07) is 1.22. The predicted molar refractivity (Wildman–Crippen MR) is 67.7 cm³/mol. The molecule has 3 fully saturated rings. The van der Waals surface area contributed by atoms with Crippen molar-refractivity contribution in [3.8, 4) is 0 Å². The van der Waals surface area contributed by atoms with E-state index in [0.717, 1.165) is 31.2 Å². The minimum absolute atomic E-state index is 0.425. The highest BCUT2D eigenvalue weighted by Gasteiger charge is 2.44. The first kappa shape index (κ1) is 11.5. The number of rotatable bonds is 1. The smallest absolute Gasteiger partial charge is 0.222 e. The van der Waals surface area contributed by atoms with Gasteiger partial charge in [-0.25, -0.2) is 0 Å². The second-order valence-electron chi connectivity index (χ2n) is 6.42. The number of hydrogen-bond acceptors (Lipinski definition) is 2. The van der Waals surface area contributed by atoms with Gasteiger partial charge in [-0.05, 0) is 44.9 Å². The molecule has 0 saturated carbocycles. The average Bonchev–Trinajstić information content (AvgIpc) is 2.30. The third-order valence-corrected chi connectivity index (χ3v) is 4.94. The summed E-state index contributed by atoms with van der Waals surface area (Å²) >= 11 is 0. The molecule has 0 spiro atoms. The molecule has 3 saturated heterocycles. The van der Waals surface area contributed by atoms with E-state index in [4.69, 9.17) is 0 Å². The monoisotopic (exact) mass is 236 g/mol. The Hall–Kier alpha value is -0.570. The third kappa shape index (κ3) is 1.99. The molecule has 3 heterocycles. The lowest BCUT2D eigenvalue weighted by molar-refractivity contribution is -0.145. The molecule has 0 radical (unpaired) electrons. The first-order chi connectivity index (χ1) is 8.15. The van der Waals surface area contributed by atoms with E-state index in [0.29, 0.717) is 18.0 Å². The number of piperidine rings is 3. The summed E-state index contributed by atoms with van der Waals surface area (Å²) in [5.74, 6) is 1.90. The van der Waals surface area contributed by atoms with Gasteiger partial charge in [-0.3, -0.25) is 4.79 Å². The fraction of sp³-hybridized carbons (Fsp3) is 0.929. The summed E-state index contributed by atoms with van der Waals surface area (Å²) in [4.78, 5) is 16.8. The fourth-order valence-electron chi connectivity index (χ4n) is 4.07. The summed E-state index contributed by atoms with van der Waals surface area (Å²) in [5, 5.41) is 0. The van der Waals surface area contributed by atoms with Gasteiger partial charge in [-0.2, -0.15) is 0 Å². The van der Waals surface area contributed by atoms with Gasteiger partial charge in [0.1, 0.15) is 0 Å². The SMILES string of the molecule is CC(C)N1CC2CC(C1)C1CCCC(=O)N1C2. The molecule has 3 aliphatic heterocycles.